The zero-order chi connectivity index (χ0) is 15.6. The van der Waals surface area contributed by atoms with Gasteiger partial charge in [0.15, 0.2) is 5.82 Å². The van der Waals surface area contributed by atoms with Crippen LogP contribution in [0.1, 0.15) is 10.7 Å². The van der Waals surface area contributed by atoms with Crippen LogP contribution in [-0.2, 0) is 16.4 Å². The summed E-state index contributed by atoms with van der Waals surface area (Å²) in [5, 5.41) is 2.81. The van der Waals surface area contributed by atoms with Gasteiger partial charge >= 0.3 is 0 Å². The first kappa shape index (κ1) is 16.2. The largest absolute Gasteiger partial charge is 0.396 e. The number of sulfonamides is 1. The van der Waals surface area contributed by atoms with Gasteiger partial charge in [0.1, 0.15) is 4.90 Å². The average molecular weight is 350 g/mol. The monoisotopic (exact) mass is 349 g/mol. The highest BCUT2D eigenvalue weighted by Crippen LogP contribution is 2.25. The van der Waals surface area contributed by atoms with Crippen LogP contribution in [0.25, 0.3) is 0 Å². The molecule has 21 heavy (non-hydrogen) atoms. The zero-order valence-corrected chi connectivity index (χ0v) is 13.4. The maximum atomic E-state index is 13.8. The Hall–Kier alpha value is -1.22. The van der Waals surface area contributed by atoms with E-state index in [0.29, 0.717) is 6.42 Å². The molecule has 0 aliphatic heterocycles. The number of benzene rings is 1. The fourth-order valence-electron chi connectivity index (χ4n) is 1.69. The molecule has 3 N–H and O–H groups in total. The van der Waals surface area contributed by atoms with Crippen molar-refractivity contribution in [1.29, 1.82) is 0 Å². The SMILES string of the molecule is Cc1nc(CCNS(=O)(=O)c2cc(Cl)cc(N)c2F)cs1. The Bertz CT molecular complexity index is 762. The number of halogens is 2. The van der Waals surface area contributed by atoms with Crippen LogP contribution in [0, 0.1) is 12.7 Å². The van der Waals surface area contributed by atoms with Gasteiger partial charge in [0, 0.05) is 23.4 Å². The van der Waals surface area contributed by atoms with Crippen LogP contribution in [0.4, 0.5) is 10.1 Å². The third-order valence-electron chi connectivity index (χ3n) is 2.66. The second-order valence-electron chi connectivity index (χ2n) is 4.31. The van der Waals surface area contributed by atoms with Crippen LogP contribution in [0.2, 0.25) is 5.02 Å². The van der Waals surface area contributed by atoms with Gasteiger partial charge in [0.25, 0.3) is 0 Å². The van der Waals surface area contributed by atoms with E-state index in [1.807, 2.05) is 12.3 Å². The number of aromatic nitrogens is 1. The Morgan fingerprint density at radius 3 is 2.81 bits per heavy atom. The number of nitrogens with one attached hydrogen (secondary N) is 1. The van der Waals surface area contributed by atoms with Gasteiger partial charge in [-0.2, -0.15) is 0 Å². The molecule has 0 radical (unpaired) electrons. The molecule has 1 aromatic carbocycles. The van der Waals surface area contributed by atoms with Crippen molar-refractivity contribution in [2.45, 2.75) is 18.2 Å². The minimum atomic E-state index is -4.01. The van der Waals surface area contributed by atoms with E-state index in [4.69, 9.17) is 17.3 Å². The lowest BCUT2D eigenvalue weighted by molar-refractivity contribution is 0.559. The molecule has 5 nitrogen and oxygen atoms in total. The van der Waals surface area contributed by atoms with Crippen LogP contribution in [0.5, 0.6) is 0 Å². The molecule has 0 aliphatic carbocycles. The molecule has 2 rings (SSSR count). The molecule has 0 saturated heterocycles. The van der Waals surface area contributed by atoms with E-state index in [1.54, 1.807) is 0 Å². The Labute approximate surface area is 131 Å². The Morgan fingerprint density at radius 2 is 2.19 bits per heavy atom. The number of nitrogens with two attached hydrogens (primary N) is 1. The predicted octanol–water partition coefficient (Wildman–Crippen LogP) is 2.35. The van der Waals surface area contributed by atoms with Gasteiger partial charge in [0.05, 0.1) is 16.4 Å². The molecule has 0 spiro atoms. The lowest BCUT2D eigenvalue weighted by Gasteiger charge is -2.09. The van der Waals surface area contributed by atoms with Gasteiger partial charge < -0.3 is 5.73 Å². The summed E-state index contributed by atoms with van der Waals surface area (Å²) in [6.45, 7) is 1.97. The molecule has 2 aromatic rings. The Kier molecular flexibility index (Phi) is 4.82. The van der Waals surface area contributed by atoms with E-state index in [1.165, 1.54) is 11.3 Å². The average Bonchev–Trinajstić information content (AvgIpc) is 2.79. The van der Waals surface area contributed by atoms with Crippen molar-refractivity contribution in [2.24, 2.45) is 0 Å². The first-order chi connectivity index (χ1) is 9.79. The number of hydrogen-bond donors (Lipinski definition) is 2. The maximum Gasteiger partial charge on any atom is 0.243 e. The molecule has 114 valence electrons. The van der Waals surface area contributed by atoms with E-state index in [0.717, 1.165) is 22.8 Å². The van der Waals surface area contributed by atoms with Crippen molar-refractivity contribution < 1.29 is 12.8 Å². The first-order valence-electron chi connectivity index (χ1n) is 5.95. The molecular formula is C12H13ClFN3O2S2. The van der Waals surface area contributed by atoms with Crippen LogP contribution in [0.3, 0.4) is 0 Å². The standard InChI is InChI=1S/C12H13ClFN3O2S2/c1-7-17-9(6-20-7)2-3-16-21(18,19)11-5-8(13)4-10(15)12(11)14/h4-6,16H,2-3,15H2,1H3. The first-order valence-corrected chi connectivity index (χ1v) is 8.69. The number of thiazole rings is 1. The minimum absolute atomic E-state index is 0.0596. The Morgan fingerprint density at radius 1 is 1.48 bits per heavy atom. The fraction of sp³-hybridized carbons (Fsp3) is 0.250. The van der Waals surface area contributed by atoms with Crippen LogP contribution in [0.15, 0.2) is 22.4 Å². The summed E-state index contributed by atoms with van der Waals surface area (Å²) < 4.78 is 40.3. The molecular weight excluding hydrogens is 337 g/mol. The number of nitrogen functional groups attached to an aromatic ring is 1. The van der Waals surface area contributed by atoms with Gasteiger partial charge in [-0.1, -0.05) is 11.6 Å². The van der Waals surface area contributed by atoms with E-state index in [9.17, 15) is 12.8 Å². The molecule has 1 heterocycles. The number of nitrogens with zero attached hydrogens (tertiary/aromatic N) is 1. The number of aryl methyl sites for hydroxylation is 1. The van der Waals surface area contributed by atoms with Crippen LogP contribution < -0.4 is 10.5 Å². The van der Waals surface area contributed by atoms with E-state index >= 15 is 0 Å². The number of hydrogen-bond acceptors (Lipinski definition) is 5. The highest BCUT2D eigenvalue weighted by atomic mass is 35.5. The molecule has 0 saturated carbocycles. The normalized spacial score (nSPS) is 11.8. The van der Waals surface area contributed by atoms with Gasteiger partial charge in [-0.3, -0.25) is 0 Å². The summed E-state index contributed by atoms with van der Waals surface area (Å²) in [5.74, 6) is -1.00. The summed E-state index contributed by atoms with van der Waals surface area (Å²) in [5.41, 5.74) is 5.86. The predicted molar refractivity (Wildman–Crippen MR) is 81.6 cm³/mol. The summed E-state index contributed by atoms with van der Waals surface area (Å²) in [6.07, 6.45) is 0.418. The van der Waals surface area contributed by atoms with E-state index in [-0.39, 0.29) is 17.3 Å². The molecule has 0 fully saturated rings. The van der Waals surface area contributed by atoms with Gasteiger partial charge in [0.2, 0.25) is 10.0 Å². The minimum Gasteiger partial charge on any atom is -0.396 e. The quantitative estimate of drug-likeness (QED) is 0.811. The van der Waals surface area contributed by atoms with Crippen LogP contribution >= 0.6 is 22.9 Å². The molecule has 0 bridgehead atoms. The molecule has 0 atom stereocenters. The molecule has 0 amide bonds. The topological polar surface area (TPSA) is 85.1 Å². The third-order valence-corrected chi connectivity index (χ3v) is 5.16. The second kappa shape index (κ2) is 6.27. The number of rotatable bonds is 5. The zero-order valence-electron chi connectivity index (χ0n) is 11.1. The van der Waals surface area contributed by atoms with Gasteiger partial charge in [-0.05, 0) is 19.1 Å². The van der Waals surface area contributed by atoms with Crippen molar-refractivity contribution in [3.63, 3.8) is 0 Å². The summed E-state index contributed by atoms with van der Waals surface area (Å²) in [7, 11) is -4.01. The van der Waals surface area contributed by atoms with Gasteiger partial charge in [-0.25, -0.2) is 22.5 Å². The summed E-state index contributed by atoms with van der Waals surface area (Å²) >= 11 is 7.20. The fourth-order valence-corrected chi connectivity index (χ4v) is 3.79. The highest BCUT2D eigenvalue weighted by molar-refractivity contribution is 7.89. The van der Waals surface area contributed by atoms with Crippen molar-refractivity contribution in [1.82, 2.24) is 9.71 Å². The van der Waals surface area contributed by atoms with Crippen molar-refractivity contribution in [2.75, 3.05) is 12.3 Å². The van der Waals surface area contributed by atoms with Crippen molar-refractivity contribution >= 4 is 38.6 Å². The molecule has 1 aromatic heterocycles. The highest BCUT2D eigenvalue weighted by Gasteiger charge is 2.21. The van der Waals surface area contributed by atoms with Crippen molar-refractivity contribution in [3.8, 4) is 0 Å². The number of anilines is 1. The smallest absolute Gasteiger partial charge is 0.243 e. The summed E-state index contributed by atoms with van der Waals surface area (Å²) in [4.78, 5) is 3.66. The maximum absolute atomic E-state index is 13.8. The molecule has 0 unspecified atom stereocenters. The Balaban J connectivity index is 2.12. The van der Waals surface area contributed by atoms with Gasteiger partial charge in [-0.15, -0.1) is 11.3 Å². The van der Waals surface area contributed by atoms with Crippen LogP contribution in [-0.4, -0.2) is 19.9 Å². The lowest BCUT2D eigenvalue weighted by atomic mass is 10.3. The second-order valence-corrected chi connectivity index (χ2v) is 7.55. The summed E-state index contributed by atoms with van der Waals surface area (Å²) in [6, 6.07) is 2.19. The lowest BCUT2D eigenvalue weighted by Crippen LogP contribution is -2.27. The van der Waals surface area contributed by atoms with Crippen molar-refractivity contribution in [3.05, 3.63) is 39.1 Å². The molecule has 9 heteroatoms. The third kappa shape index (κ3) is 3.91. The van der Waals surface area contributed by atoms with E-state index < -0.39 is 20.7 Å². The molecule has 0 aliphatic rings. The van der Waals surface area contributed by atoms with E-state index in [2.05, 4.69) is 9.71 Å².